The van der Waals surface area contributed by atoms with Gasteiger partial charge in [0.2, 0.25) is 0 Å². The average molecular weight is 240 g/mol. The number of hydrogen-bond acceptors (Lipinski definition) is 4. The predicted molar refractivity (Wildman–Crippen MR) is 66.8 cm³/mol. The Kier molecular flexibility index (Phi) is 4.40. The van der Waals surface area contributed by atoms with Crippen LogP contribution in [-0.4, -0.2) is 50.2 Å². The number of methoxy groups -OCH3 is 1. The molecule has 0 aromatic carbocycles. The number of esters is 1. The molecule has 1 heterocycles. The maximum absolute atomic E-state index is 11.6. The first-order chi connectivity index (χ1) is 8.26. The molecule has 0 radical (unpaired) electrons. The number of hydrogen-bond donors (Lipinski definition) is 1. The molecule has 1 N–H and O–H groups in total. The highest BCUT2D eigenvalue weighted by molar-refractivity contribution is 5.75. The van der Waals surface area contributed by atoms with Crippen LogP contribution in [0.3, 0.4) is 0 Å². The smallest absolute Gasteiger partial charge is 0.324 e. The molecule has 3 atom stereocenters. The monoisotopic (exact) mass is 240 g/mol. The molecule has 4 nitrogen and oxygen atoms in total. The van der Waals surface area contributed by atoms with Crippen molar-refractivity contribution in [3.63, 3.8) is 0 Å². The summed E-state index contributed by atoms with van der Waals surface area (Å²) >= 11 is 0. The zero-order valence-electron chi connectivity index (χ0n) is 10.9. The highest BCUT2D eigenvalue weighted by atomic mass is 16.5. The minimum absolute atomic E-state index is 0.147. The van der Waals surface area contributed by atoms with E-state index in [1.807, 2.05) is 7.05 Å². The molecular weight excluding hydrogens is 216 g/mol. The van der Waals surface area contributed by atoms with E-state index in [9.17, 15) is 4.79 Å². The van der Waals surface area contributed by atoms with Crippen LogP contribution in [0.15, 0.2) is 0 Å². The van der Waals surface area contributed by atoms with E-state index in [4.69, 9.17) is 4.74 Å². The Morgan fingerprint density at radius 2 is 2.18 bits per heavy atom. The first-order valence-electron chi connectivity index (χ1n) is 6.75. The maximum Gasteiger partial charge on any atom is 0.324 e. The van der Waals surface area contributed by atoms with Crippen molar-refractivity contribution < 1.29 is 9.53 Å². The molecule has 1 aliphatic carbocycles. The second-order valence-electron chi connectivity index (χ2n) is 5.26. The maximum atomic E-state index is 11.6. The van der Waals surface area contributed by atoms with Gasteiger partial charge in [-0.25, -0.2) is 0 Å². The van der Waals surface area contributed by atoms with Crippen molar-refractivity contribution in [2.45, 2.75) is 44.2 Å². The summed E-state index contributed by atoms with van der Waals surface area (Å²) in [4.78, 5) is 14.1. The highest BCUT2D eigenvalue weighted by Crippen LogP contribution is 2.35. The van der Waals surface area contributed by atoms with Gasteiger partial charge in [0.15, 0.2) is 0 Å². The van der Waals surface area contributed by atoms with Gasteiger partial charge in [0.1, 0.15) is 6.04 Å². The third-order valence-corrected chi connectivity index (χ3v) is 4.38. The van der Waals surface area contributed by atoms with Gasteiger partial charge in [0, 0.05) is 12.6 Å². The minimum Gasteiger partial charge on any atom is -0.468 e. The largest absolute Gasteiger partial charge is 0.468 e. The summed E-state index contributed by atoms with van der Waals surface area (Å²) in [6.07, 6.45) is 6.73. The van der Waals surface area contributed by atoms with Crippen LogP contribution in [0.2, 0.25) is 0 Å². The summed E-state index contributed by atoms with van der Waals surface area (Å²) in [6.45, 7) is 1.94. The van der Waals surface area contributed by atoms with Crippen molar-refractivity contribution in [1.82, 2.24) is 10.2 Å². The fraction of sp³-hybridized carbons (Fsp3) is 0.923. The summed E-state index contributed by atoms with van der Waals surface area (Å²) in [6, 6.07) is 0.532. The van der Waals surface area contributed by atoms with Crippen LogP contribution in [0.5, 0.6) is 0 Å². The van der Waals surface area contributed by atoms with Gasteiger partial charge < -0.3 is 10.1 Å². The van der Waals surface area contributed by atoms with Gasteiger partial charge in [-0.15, -0.1) is 0 Å². The lowest BCUT2D eigenvalue weighted by Crippen LogP contribution is -2.47. The Labute approximate surface area is 104 Å². The Morgan fingerprint density at radius 3 is 2.88 bits per heavy atom. The summed E-state index contributed by atoms with van der Waals surface area (Å²) in [7, 11) is 3.29. The number of likely N-dealkylation sites (tertiary alicyclic amines) is 1. The highest BCUT2D eigenvalue weighted by Gasteiger charge is 2.37. The van der Waals surface area contributed by atoms with Gasteiger partial charge >= 0.3 is 5.97 Å². The Bertz CT molecular complexity index is 270. The SMILES string of the molecule is CNC(CN1CCC2CCCCC21)C(=O)OC. The van der Waals surface area contributed by atoms with Gasteiger partial charge in [0.05, 0.1) is 7.11 Å². The van der Waals surface area contributed by atoms with Crippen molar-refractivity contribution in [3.05, 3.63) is 0 Å². The van der Waals surface area contributed by atoms with Crippen molar-refractivity contribution >= 4 is 5.97 Å². The van der Waals surface area contributed by atoms with E-state index in [0.29, 0.717) is 6.04 Å². The molecule has 98 valence electrons. The van der Waals surface area contributed by atoms with Crippen molar-refractivity contribution in [3.8, 4) is 0 Å². The van der Waals surface area contributed by atoms with Crippen molar-refractivity contribution in [2.75, 3.05) is 27.2 Å². The quantitative estimate of drug-likeness (QED) is 0.745. The number of ether oxygens (including phenoxy) is 1. The fourth-order valence-electron chi connectivity index (χ4n) is 3.39. The summed E-state index contributed by atoms with van der Waals surface area (Å²) in [5.41, 5.74) is 0. The van der Waals surface area contributed by atoms with Crippen LogP contribution in [-0.2, 0) is 9.53 Å². The zero-order chi connectivity index (χ0) is 12.3. The lowest BCUT2D eigenvalue weighted by Gasteiger charge is -2.33. The first-order valence-corrected chi connectivity index (χ1v) is 6.75. The van der Waals surface area contributed by atoms with Crippen LogP contribution in [0.25, 0.3) is 0 Å². The summed E-state index contributed by atoms with van der Waals surface area (Å²) < 4.78 is 4.82. The number of nitrogens with one attached hydrogen (secondary N) is 1. The Morgan fingerprint density at radius 1 is 1.41 bits per heavy atom. The van der Waals surface area contributed by atoms with Crippen LogP contribution in [0.1, 0.15) is 32.1 Å². The second-order valence-corrected chi connectivity index (χ2v) is 5.26. The van der Waals surface area contributed by atoms with Crippen LogP contribution < -0.4 is 5.32 Å². The molecule has 3 unspecified atom stereocenters. The molecule has 17 heavy (non-hydrogen) atoms. The van der Waals surface area contributed by atoms with Gasteiger partial charge in [-0.2, -0.15) is 0 Å². The fourth-order valence-corrected chi connectivity index (χ4v) is 3.39. The van der Waals surface area contributed by atoms with E-state index in [1.165, 1.54) is 39.2 Å². The van der Waals surface area contributed by atoms with E-state index in [-0.39, 0.29) is 12.0 Å². The predicted octanol–water partition coefficient (Wildman–Crippen LogP) is 1.01. The molecule has 1 saturated carbocycles. The summed E-state index contributed by atoms with van der Waals surface area (Å²) in [5, 5.41) is 3.06. The van der Waals surface area contributed by atoms with Gasteiger partial charge in [-0.1, -0.05) is 12.8 Å². The third-order valence-electron chi connectivity index (χ3n) is 4.38. The number of carbonyl (C=O) groups is 1. The van der Waals surface area contributed by atoms with E-state index >= 15 is 0 Å². The molecule has 2 aliphatic rings. The van der Waals surface area contributed by atoms with Crippen molar-refractivity contribution in [2.24, 2.45) is 5.92 Å². The molecule has 4 heteroatoms. The van der Waals surface area contributed by atoms with Crippen molar-refractivity contribution in [1.29, 1.82) is 0 Å². The molecule has 0 spiro atoms. The molecule has 1 aliphatic heterocycles. The van der Waals surface area contributed by atoms with E-state index < -0.39 is 0 Å². The summed E-state index contributed by atoms with van der Waals surface area (Å²) in [5.74, 6) is 0.727. The average Bonchev–Trinajstić information content (AvgIpc) is 2.78. The van der Waals surface area contributed by atoms with E-state index in [2.05, 4.69) is 10.2 Å². The number of rotatable bonds is 4. The van der Waals surface area contributed by atoms with Gasteiger partial charge in [-0.3, -0.25) is 9.69 Å². The van der Waals surface area contributed by atoms with Crippen LogP contribution in [0.4, 0.5) is 0 Å². The van der Waals surface area contributed by atoms with Crippen LogP contribution >= 0.6 is 0 Å². The van der Waals surface area contributed by atoms with E-state index in [0.717, 1.165) is 19.0 Å². The molecule has 1 saturated heterocycles. The lowest BCUT2D eigenvalue weighted by atomic mass is 9.85. The topological polar surface area (TPSA) is 41.6 Å². The van der Waals surface area contributed by atoms with Gasteiger partial charge in [0.25, 0.3) is 0 Å². The molecule has 0 bridgehead atoms. The third kappa shape index (κ3) is 2.80. The van der Waals surface area contributed by atoms with Gasteiger partial charge in [-0.05, 0) is 38.8 Å². The zero-order valence-corrected chi connectivity index (χ0v) is 10.9. The number of fused-ring (bicyclic) bond motifs is 1. The Hall–Kier alpha value is -0.610. The lowest BCUT2D eigenvalue weighted by molar-refractivity contribution is -0.143. The normalized spacial score (nSPS) is 30.9. The molecule has 2 rings (SSSR count). The first kappa shape index (κ1) is 12.8. The standard InChI is InChI=1S/C13H24N2O2/c1-14-11(13(16)17-2)9-15-8-7-10-5-3-4-6-12(10)15/h10-12,14H,3-9H2,1-2H3. The molecule has 0 aromatic heterocycles. The number of likely N-dealkylation sites (N-methyl/N-ethyl adjacent to an activating group) is 1. The number of carbonyl (C=O) groups excluding carboxylic acids is 1. The molecule has 2 fully saturated rings. The van der Waals surface area contributed by atoms with Crippen LogP contribution in [0, 0.1) is 5.92 Å². The van der Waals surface area contributed by atoms with E-state index in [1.54, 1.807) is 0 Å². The minimum atomic E-state index is -0.180. The number of nitrogens with zero attached hydrogens (tertiary/aromatic N) is 1. The molecule has 0 amide bonds. The molecular formula is C13H24N2O2. The second kappa shape index (κ2) is 5.83. The Balaban J connectivity index is 1.91. The molecule has 0 aromatic rings.